The summed E-state index contributed by atoms with van der Waals surface area (Å²) in [6.07, 6.45) is 37.0. The van der Waals surface area contributed by atoms with E-state index in [0.717, 1.165) is 62.3 Å². The lowest BCUT2D eigenvalue weighted by atomic mass is 9.44. The fourth-order valence-corrected chi connectivity index (χ4v) is 11.8. The number of carbonyl (C=O) groups excluding carboxylic acids is 2. The van der Waals surface area contributed by atoms with Crippen LogP contribution in [0.2, 0.25) is 0 Å². The molecule has 4 fully saturated rings. The molecular formula is C45H79NO3. The average molecular weight is 682 g/mol. The number of hydrogen-bond donors (Lipinski definition) is 1. The number of unbranched alkanes of at least 4 members (excludes halogenated alkanes) is 12. The van der Waals surface area contributed by atoms with Gasteiger partial charge in [-0.1, -0.05) is 105 Å². The molecule has 4 aliphatic rings. The highest BCUT2D eigenvalue weighted by Gasteiger charge is 2.60. The first kappa shape index (κ1) is 40.5. The molecule has 9 atom stereocenters. The van der Waals surface area contributed by atoms with Gasteiger partial charge >= 0.3 is 6.09 Å². The quantitative estimate of drug-likeness (QED) is 0.0914. The summed E-state index contributed by atoms with van der Waals surface area (Å²) < 4.78 is 6.04. The van der Waals surface area contributed by atoms with Gasteiger partial charge in [0.1, 0.15) is 11.9 Å². The average Bonchev–Trinajstić information content (AvgIpc) is 3.45. The van der Waals surface area contributed by atoms with E-state index in [2.05, 4.69) is 45.2 Å². The molecule has 0 bridgehead atoms. The molecule has 4 heteroatoms. The van der Waals surface area contributed by atoms with Crippen molar-refractivity contribution >= 4 is 11.9 Å². The van der Waals surface area contributed by atoms with Gasteiger partial charge in [0.05, 0.1) is 0 Å². The number of allylic oxidation sites excluding steroid dienone is 2. The molecule has 0 aliphatic heterocycles. The summed E-state index contributed by atoms with van der Waals surface area (Å²) in [6.45, 7) is 12.7. The summed E-state index contributed by atoms with van der Waals surface area (Å²) in [5.74, 6) is 5.14. The number of rotatable bonds is 22. The first-order chi connectivity index (χ1) is 23.7. The van der Waals surface area contributed by atoms with Crippen LogP contribution in [0.5, 0.6) is 0 Å². The van der Waals surface area contributed by atoms with E-state index >= 15 is 0 Å². The van der Waals surface area contributed by atoms with Crippen molar-refractivity contribution in [1.82, 2.24) is 5.32 Å². The van der Waals surface area contributed by atoms with Crippen LogP contribution in [-0.4, -0.2) is 24.5 Å². The lowest BCUT2D eigenvalue weighted by Crippen LogP contribution is -2.54. The number of alkyl carbamates (subject to hydrolysis) is 1. The molecule has 0 aromatic carbocycles. The van der Waals surface area contributed by atoms with Crippen LogP contribution >= 0.6 is 0 Å². The van der Waals surface area contributed by atoms with Gasteiger partial charge in [0.15, 0.2) is 0 Å². The number of Topliss-reactive ketones (excluding diaryl/α,β-unsaturated/α-hetero) is 1. The zero-order valence-electron chi connectivity index (χ0n) is 33.0. The van der Waals surface area contributed by atoms with E-state index in [0.29, 0.717) is 34.9 Å². The Kier molecular flexibility index (Phi) is 17.0. The zero-order chi connectivity index (χ0) is 35.1. The van der Waals surface area contributed by atoms with Crippen molar-refractivity contribution < 1.29 is 14.3 Å². The van der Waals surface area contributed by atoms with E-state index in [1.807, 2.05) is 6.92 Å². The fraction of sp³-hybridized carbons (Fsp3) is 0.911. The maximum absolute atomic E-state index is 12.7. The molecule has 4 rings (SSSR count). The maximum atomic E-state index is 12.7. The highest BCUT2D eigenvalue weighted by atomic mass is 16.6. The van der Waals surface area contributed by atoms with Crippen LogP contribution in [0.15, 0.2) is 12.2 Å². The molecule has 49 heavy (non-hydrogen) atoms. The van der Waals surface area contributed by atoms with E-state index in [1.165, 1.54) is 128 Å². The Morgan fingerprint density at radius 1 is 0.755 bits per heavy atom. The molecule has 4 unspecified atom stereocenters. The standard InChI is InChI=1S/C45H79NO3/c1-6-8-9-10-11-12-13-14-15-16-17-18-19-20-21-22-33-46-43(48)49-38-29-31-44(4)36(34-38)24-26-39-41-28-27-40(35(3)23-25-37(47)7-2)45(41,5)32-30-42(39)44/h14-15,35-36,38-42H,6-13,16-34H2,1-5H3,(H,46,48)/b15-14-/t35-,36?,38-,39?,40-,41?,42?,44+,45-/m1/s1. The number of nitrogens with one attached hydrogen (secondary N) is 1. The van der Waals surface area contributed by atoms with E-state index in [4.69, 9.17) is 4.74 Å². The number of fused-ring (bicyclic) bond motifs is 5. The van der Waals surface area contributed by atoms with Crippen molar-refractivity contribution in [3.8, 4) is 0 Å². The summed E-state index contributed by atoms with van der Waals surface area (Å²) in [5, 5.41) is 3.08. The van der Waals surface area contributed by atoms with Gasteiger partial charge in [-0.3, -0.25) is 4.79 Å². The van der Waals surface area contributed by atoms with Crippen LogP contribution in [-0.2, 0) is 9.53 Å². The Labute approximate surface area is 303 Å². The highest BCUT2D eigenvalue weighted by molar-refractivity contribution is 5.77. The van der Waals surface area contributed by atoms with Gasteiger partial charge in [-0.2, -0.15) is 0 Å². The van der Waals surface area contributed by atoms with Gasteiger partial charge in [0.2, 0.25) is 0 Å². The first-order valence-electron chi connectivity index (χ1n) is 21.8. The summed E-state index contributed by atoms with van der Waals surface area (Å²) in [6, 6.07) is 0. The molecule has 4 saturated carbocycles. The minimum atomic E-state index is -0.185. The van der Waals surface area contributed by atoms with Crippen molar-refractivity contribution in [2.45, 2.75) is 208 Å². The number of ketones is 1. The Balaban J connectivity index is 1.07. The predicted octanol–water partition coefficient (Wildman–Crippen LogP) is 13.2. The number of amides is 1. The molecule has 282 valence electrons. The van der Waals surface area contributed by atoms with Crippen LogP contribution in [0.3, 0.4) is 0 Å². The molecule has 1 N–H and O–H groups in total. The van der Waals surface area contributed by atoms with Crippen molar-refractivity contribution in [1.29, 1.82) is 0 Å². The summed E-state index contributed by atoms with van der Waals surface area (Å²) in [5.41, 5.74) is 0.864. The Morgan fingerprint density at radius 2 is 1.39 bits per heavy atom. The van der Waals surface area contributed by atoms with Crippen molar-refractivity contribution in [2.75, 3.05) is 6.54 Å². The third-order valence-corrected chi connectivity index (χ3v) is 14.9. The fourth-order valence-electron chi connectivity index (χ4n) is 11.8. The Hall–Kier alpha value is -1.32. The normalized spacial score (nSPS) is 33.1. The zero-order valence-corrected chi connectivity index (χ0v) is 33.0. The third kappa shape index (κ3) is 11.3. The molecule has 1 amide bonds. The second kappa shape index (κ2) is 20.7. The highest BCUT2D eigenvalue weighted by Crippen LogP contribution is 2.68. The second-order valence-corrected chi connectivity index (χ2v) is 18.0. The molecule has 0 spiro atoms. The van der Waals surface area contributed by atoms with Gasteiger partial charge in [-0.15, -0.1) is 0 Å². The molecule has 0 saturated heterocycles. The number of hydrogen-bond acceptors (Lipinski definition) is 3. The van der Waals surface area contributed by atoms with Crippen molar-refractivity contribution in [3.05, 3.63) is 12.2 Å². The van der Waals surface area contributed by atoms with Crippen molar-refractivity contribution in [3.63, 3.8) is 0 Å². The third-order valence-electron chi connectivity index (χ3n) is 14.9. The topological polar surface area (TPSA) is 55.4 Å². The van der Waals surface area contributed by atoms with Crippen molar-refractivity contribution in [2.24, 2.45) is 46.3 Å². The largest absolute Gasteiger partial charge is 0.446 e. The minimum absolute atomic E-state index is 0.0888. The Morgan fingerprint density at radius 3 is 2.08 bits per heavy atom. The van der Waals surface area contributed by atoms with Gasteiger partial charge in [0.25, 0.3) is 0 Å². The number of carbonyl (C=O) groups is 2. The monoisotopic (exact) mass is 682 g/mol. The predicted molar refractivity (Wildman–Crippen MR) is 207 cm³/mol. The van der Waals surface area contributed by atoms with Crippen LogP contribution in [0.25, 0.3) is 0 Å². The molecule has 4 aliphatic carbocycles. The first-order valence-corrected chi connectivity index (χ1v) is 21.8. The summed E-state index contributed by atoms with van der Waals surface area (Å²) in [4.78, 5) is 24.8. The van der Waals surface area contributed by atoms with Gasteiger partial charge < -0.3 is 10.1 Å². The van der Waals surface area contributed by atoms with Gasteiger partial charge in [-0.05, 0) is 143 Å². The molecular weight excluding hydrogens is 602 g/mol. The minimum Gasteiger partial charge on any atom is -0.446 e. The molecule has 4 nitrogen and oxygen atoms in total. The smallest absolute Gasteiger partial charge is 0.407 e. The SMILES string of the molecule is CCCCCCCC/C=C\CCCCCCCCNC(=O)O[C@@H]1CC[C@@]2(C)C(CCC3C2CC[C@@]2(C)C3CC[C@@H]2[C@H](C)CCC(=O)CC)C1. The summed E-state index contributed by atoms with van der Waals surface area (Å²) in [7, 11) is 0. The van der Waals surface area contributed by atoms with E-state index in [9.17, 15) is 9.59 Å². The maximum Gasteiger partial charge on any atom is 0.407 e. The second-order valence-electron chi connectivity index (χ2n) is 18.0. The van der Waals surface area contributed by atoms with Crippen LogP contribution in [0.1, 0.15) is 202 Å². The number of ether oxygens (including phenoxy) is 1. The molecule has 0 radical (unpaired) electrons. The lowest BCUT2D eigenvalue weighted by Gasteiger charge is -2.61. The molecule has 0 aromatic heterocycles. The van der Waals surface area contributed by atoms with E-state index in [1.54, 1.807) is 0 Å². The van der Waals surface area contributed by atoms with Crippen LogP contribution in [0.4, 0.5) is 4.79 Å². The summed E-state index contributed by atoms with van der Waals surface area (Å²) >= 11 is 0. The van der Waals surface area contributed by atoms with E-state index in [-0.39, 0.29) is 12.2 Å². The molecule has 0 aromatic rings. The van der Waals surface area contributed by atoms with Gasteiger partial charge in [0, 0.05) is 19.4 Å². The lowest BCUT2D eigenvalue weighted by molar-refractivity contribution is -0.130. The van der Waals surface area contributed by atoms with Gasteiger partial charge in [-0.25, -0.2) is 4.79 Å². The Bertz CT molecular complexity index is 1010. The van der Waals surface area contributed by atoms with E-state index < -0.39 is 0 Å². The van der Waals surface area contributed by atoms with Crippen LogP contribution < -0.4 is 5.32 Å². The molecule has 0 heterocycles. The van der Waals surface area contributed by atoms with Crippen LogP contribution in [0, 0.1) is 46.3 Å².